The van der Waals surface area contributed by atoms with Gasteiger partial charge < -0.3 is 14.5 Å². The standard InChI is InChI=1S/C26H23FN2O3S/c1-17-7-3-4-8-18(17)16-28-23-12-11-19(32-2)15-21(23)26(25(28)31)29(13-14-33-26)24(30)20-9-5-6-10-22(20)27/h3-12,15H,13-14,16H2,1-2H3/t26-/m1/s1. The van der Waals surface area contributed by atoms with Crippen LogP contribution in [0, 0.1) is 12.7 Å². The van der Waals surface area contributed by atoms with Crippen LogP contribution < -0.4 is 9.64 Å². The molecule has 0 aliphatic carbocycles. The summed E-state index contributed by atoms with van der Waals surface area (Å²) in [5, 5.41) is 0. The van der Waals surface area contributed by atoms with Gasteiger partial charge in [-0.15, -0.1) is 11.8 Å². The second-order valence-electron chi connectivity index (χ2n) is 8.13. The van der Waals surface area contributed by atoms with E-state index in [2.05, 4.69) is 0 Å². The van der Waals surface area contributed by atoms with E-state index in [1.807, 2.05) is 49.4 Å². The van der Waals surface area contributed by atoms with Gasteiger partial charge in [-0.25, -0.2) is 4.39 Å². The van der Waals surface area contributed by atoms with Gasteiger partial charge in [0.15, 0.2) is 4.87 Å². The third-order valence-electron chi connectivity index (χ3n) is 6.34. The molecule has 0 aromatic heterocycles. The summed E-state index contributed by atoms with van der Waals surface area (Å²) in [6.07, 6.45) is 0. The number of fused-ring (bicyclic) bond motifs is 2. The van der Waals surface area contributed by atoms with Gasteiger partial charge >= 0.3 is 0 Å². The Morgan fingerprint density at radius 2 is 1.88 bits per heavy atom. The normalized spacial score (nSPS) is 19.3. The Labute approximate surface area is 196 Å². The Balaban J connectivity index is 1.64. The van der Waals surface area contributed by atoms with Crippen molar-refractivity contribution in [3.63, 3.8) is 0 Å². The number of nitrogens with zero attached hydrogens (tertiary/aromatic N) is 2. The molecule has 1 atom stereocenters. The molecule has 0 radical (unpaired) electrons. The first-order valence-electron chi connectivity index (χ1n) is 10.7. The molecule has 2 amide bonds. The van der Waals surface area contributed by atoms with Crippen molar-refractivity contribution in [2.75, 3.05) is 24.3 Å². The quantitative estimate of drug-likeness (QED) is 0.563. The van der Waals surface area contributed by atoms with E-state index in [0.717, 1.165) is 16.8 Å². The van der Waals surface area contributed by atoms with Crippen LogP contribution in [0.15, 0.2) is 66.7 Å². The number of benzene rings is 3. The number of rotatable bonds is 4. The molecule has 33 heavy (non-hydrogen) atoms. The molecule has 7 heteroatoms. The number of ether oxygens (including phenoxy) is 1. The maximum absolute atomic E-state index is 14.5. The lowest BCUT2D eigenvalue weighted by Gasteiger charge is -2.33. The fraction of sp³-hybridized carbons (Fsp3) is 0.231. The lowest BCUT2D eigenvalue weighted by Crippen LogP contribution is -2.50. The third kappa shape index (κ3) is 3.30. The highest BCUT2D eigenvalue weighted by atomic mass is 32.2. The molecule has 3 aromatic carbocycles. The SMILES string of the molecule is COc1ccc2c(c1)[C@@]1(SCCN1C(=O)c1ccccc1F)C(=O)N2Cc1ccccc1C. The van der Waals surface area contributed by atoms with E-state index in [4.69, 9.17) is 4.74 Å². The molecule has 0 saturated carbocycles. The van der Waals surface area contributed by atoms with Gasteiger partial charge in [0.2, 0.25) is 0 Å². The minimum Gasteiger partial charge on any atom is -0.497 e. The predicted octanol–water partition coefficient (Wildman–Crippen LogP) is 4.73. The highest BCUT2D eigenvalue weighted by Crippen LogP contribution is 2.55. The average molecular weight is 463 g/mol. The van der Waals surface area contributed by atoms with Crippen LogP contribution in [-0.2, 0) is 16.2 Å². The van der Waals surface area contributed by atoms with Gasteiger partial charge in [-0.2, -0.15) is 0 Å². The molecule has 0 N–H and O–H groups in total. The van der Waals surface area contributed by atoms with Gasteiger partial charge in [-0.1, -0.05) is 36.4 Å². The second-order valence-corrected chi connectivity index (χ2v) is 9.42. The lowest BCUT2D eigenvalue weighted by atomic mass is 10.0. The number of methoxy groups -OCH3 is 1. The molecule has 5 nitrogen and oxygen atoms in total. The summed E-state index contributed by atoms with van der Waals surface area (Å²) in [6, 6.07) is 19.3. The van der Waals surface area contributed by atoms with E-state index in [9.17, 15) is 14.0 Å². The summed E-state index contributed by atoms with van der Waals surface area (Å²) in [7, 11) is 1.57. The second kappa shape index (κ2) is 8.23. The predicted molar refractivity (Wildman–Crippen MR) is 127 cm³/mol. The maximum Gasteiger partial charge on any atom is 0.268 e. The van der Waals surface area contributed by atoms with Gasteiger partial charge in [-0.3, -0.25) is 9.59 Å². The first-order valence-corrected chi connectivity index (χ1v) is 11.7. The van der Waals surface area contributed by atoms with Crippen LogP contribution in [0.4, 0.5) is 10.1 Å². The van der Waals surface area contributed by atoms with E-state index in [1.165, 1.54) is 28.8 Å². The number of anilines is 1. The number of halogens is 1. The molecule has 5 rings (SSSR count). The molecule has 0 unspecified atom stereocenters. The zero-order valence-corrected chi connectivity index (χ0v) is 19.2. The molecule has 2 aliphatic heterocycles. The molecular formula is C26H23FN2O3S. The maximum atomic E-state index is 14.5. The number of amides is 2. The molecule has 1 fully saturated rings. The number of hydrogen-bond acceptors (Lipinski definition) is 4. The van der Waals surface area contributed by atoms with E-state index in [-0.39, 0.29) is 11.5 Å². The molecular weight excluding hydrogens is 439 g/mol. The summed E-state index contributed by atoms with van der Waals surface area (Å²) < 4.78 is 20.0. The fourth-order valence-corrected chi connectivity index (χ4v) is 6.07. The van der Waals surface area contributed by atoms with Crippen molar-refractivity contribution in [1.29, 1.82) is 0 Å². The summed E-state index contributed by atoms with van der Waals surface area (Å²) in [5.74, 6) is -0.105. The molecule has 1 spiro atoms. The van der Waals surface area contributed by atoms with E-state index in [1.54, 1.807) is 24.1 Å². The average Bonchev–Trinajstić information content (AvgIpc) is 3.37. The number of hydrogen-bond donors (Lipinski definition) is 0. The Bertz CT molecular complexity index is 1260. The van der Waals surface area contributed by atoms with Gasteiger partial charge in [-0.05, 0) is 48.4 Å². The van der Waals surface area contributed by atoms with Crippen LogP contribution in [0.2, 0.25) is 0 Å². The number of thioether (sulfide) groups is 1. The Morgan fingerprint density at radius 1 is 1.12 bits per heavy atom. The Hall–Kier alpha value is -3.32. The fourth-order valence-electron chi connectivity index (χ4n) is 4.62. The molecule has 2 aliphatic rings. The van der Waals surface area contributed by atoms with Crippen molar-refractivity contribution >= 4 is 29.3 Å². The van der Waals surface area contributed by atoms with Crippen LogP contribution in [0.1, 0.15) is 27.0 Å². The molecule has 168 valence electrons. The summed E-state index contributed by atoms with van der Waals surface area (Å²) in [5.41, 5.74) is 3.52. The molecule has 1 saturated heterocycles. The number of carbonyl (C=O) groups excluding carboxylic acids is 2. The van der Waals surface area contributed by atoms with Crippen molar-refractivity contribution in [2.45, 2.75) is 18.3 Å². The van der Waals surface area contributed by atoms with Crippen LogP contribution in [0.5, 0.6) is 5.75 Å². The molecule has 0 bridgehead atoms. The lowest BCUT2D eigenvalue weighted by molar-refractivity contribution is -0.123. The van der Waals surface area contributed by atoms with E-state index >= 15 is 0 Å². The van der Waals surface area contributed by atoms with Gasteiger partial charge in [0.1, 0.15) is 11.6 Å². The monoisotopic (exact) mass is 462 g/mol. The minimum atomic E-state index is -1.26. The summed E-state index contributed by atoms with van der Waals surface area (Å²) >= 11 is 1.41. The van der Waals surface area contributed by atoms with Crippen molar-refractivity contribution in [3.05, 3.63) is 94.8 Å². The topological polar surface area (TPSA) is 49.9 Å². The highest BCUT2D eigenvalue weighted by molar-refractivity contribution is 8.01. The first-order chi connectivity index (χ1) is 16.0. The van der Waals surface area contributed by atoms with Crippen LogP contribution in [0.25, 0.3) is 0 Å². The molecule has 3 aromatic rings. The third-order valence-corrected chi connectivity index (χ3v) is 7.76. The smallest absolute Gasteiger partial charge is 0.268 e. The van der Waals surface area contributed by atoms with Crippen molar-refractivity contribution in [2.24, 2.45) is 0 Å². The van der Waals surface area contributed by atoms with Gasteiger partial charge in [0.05, 0.1) is 24.9 Å². The minimum absolute atomic E-state index is 0.0334. The van der Waals surface area contributed by atoms with E-state index in [0.29, 0.717) is 30.2 Å². The van der Waals surface area contributed by atoms with Crippen LogP contribution in [0.3, 0.4) is 0 Å². The van der Waals surface area contributed by atoms with Crippen molar-refractivity contribution in [1.82, 2.24) is 4.90 Å². The van der Waals surface area contributed by atoms with Gasteiger partial charge in [0, 0.05) is 17.9 Å². The van der Waals surface area contributed by atoms with Crippen molar-refractivity contribution in [3.8, 4) is 5.75 Å². The van der Waals surface area contributed by atoms with E-state index < -0.39 is 16.6 Å². The van der Waals surface area contributed by atoms with Crippen molar-refractivity contribution < 1.29 is 18.7 Å². The zero-order valence-electron chi connectivity index (χ0n) is 18.4. The van der Waals surface area contributed by atoms with Crippen LogP contribution >= 0.6 is 11.8 Å². The summed E-state index contributed by atoms with van der Waals surface area (Å²) in [4.78, 5) is 29.6. The highest BCUT2D eigenvalue weighted by Gasteiger charge is 2.59. The largest absolute Gasteiger partial charge is 0.497 e. The molecule has 2 heterocycles. The van der Waals surface area contributed by atoms with Gasteiger partial charge in [0.25, 0.3) is 11.8 Å². The number of carbonyl (C=O) groups is 2. The van der Waals surface area contributed by atoms with Crippen LogP contribution in [-0.4, -0.2) is 36.1 Å². The first kappa shape index (κ1) is 21.5. The number of aryl methyl sites for hydroxylation is 1. The zero-order chi connectivity index (χ0) is 23.2. The summed E-state index contributed by atoms with van der Waals surface area (Å²) in [6.45, 7) is 2.74. The Kier molecular flexibility index (Phi) is 5.37. The Morgan fingerprint density at radius 3 is 2.64 bits per heavy atom.